The lowest BCUT2D eigenvalue weighted by Crippen LogP contribution is -2.20. The molecule has 0 bridgehead atoms. The molecule has 3 rings (SSSR count). The predicted octanol–water partition coefficient (Wildman–Crippen LogP) is 2.99. The molecular weight excluding hydrogens is 330 g/mol. The maximum Gasteiger partial charge on any atom is 0.348 e. The molecule has 2 aromatic rings. The van der Waals surface area contributed by atoms with Crippen molar-refractivity contribution in [1.82, 2.24) is 9.97 Å². The molecule has 2 heterocycles. The van der Waals surface area contributed by atoms with Crippen molar-refractivity contribution in [2.45, 2.75) is 45.1 Å². The summed E-state index contributed by atoms with van der Waals surface area (Å²) in [5.41, 5.74) is 0.726. The first-order valence-electron chi connectivity index (χ1n) is 7.97. The minimum atomic E-state index is -0.980. The Hall–Kier alpha value is -2.22. The fraction of sp³-hybridized carbons (Fsp3) is 0.500. The van der Waals surface area contributed by atoms with Gasteiger partial charge in [-0.25, -0.2) is 14.8 Å². The summed E-state index contributed by atoms with van der Waals surface area (Å²) >= 11 is 1.26. The maximum absolute atomic E-state index is 12.5. The largest absolute Gasteiger partial charge is 0.480 e. The summed E-state index contributed by atoms with van der Waals surface area (Å²) in [6, 6.07) is 0. The molecule has 2 aromatic heterocycles. The highest BCUT2D eigenvalue weighted by Crippen LogP contribution is 2.34. The van der Waals surface area contributed by atoms with Gasteiger partial charge in [0.15, 0.2) is 0 Å². The Bertz CT molecular complexity index is 768. The number of fused-ring (bicyclic) bond motifs is 1. The van der Waals surface area contributed by atoms with Gasteiger partial charge in [0.25, 0.3) is 0 Å². The van der Waals surface area contributed by atoms with Gasteiger partial charge in [-0.3, -0.25) is 4.79 Å². The van der Waals surface area contributed by atoms with Crippen LogP contribution in [0.4, 0.5) is 5.82 Å². The average Bonchev–Trinajstić information content (AvgIpc) is 2.91. The monoisotopic (exact) mass is 349 g/mol. The quantitative estimate of drug-likeness (QED) is 0.800. The standard InChI is InChI=1S/C16H19N3O4S/c1-9-12-14(17-7-11(20)21)18-8-19-15(12)24-13(9)16(22)23-10-5-3-2-4-6-10/h8,10H,2-7H2,1H3,(H,20,21)(H,17,18,19). The van der Waals surface area contributed by atoms with Gasteiger partial charge in [-0.1, -0.05) is 6.42 Å². The van der Waals surface area contributed by atoms with Crippen LogP contribution in [-0.4, -0.2) is 39.7 Å². The number of aryl methyl sites for hydroxylation is 1. The fourth-order valence-corrected chi connectivity index (χ4v) is 3.98. The Morgan fingerprint density at radius 2 is 2.08 bits per heavy atom. The van der Waals surface area contributed by atoms with E-state index in [2.05, 4.69) is 15.3 Å². The Balaban J connectivity index is 1.86. The number of thiophene rings is 1. The summed E-state index contributed by atoms with van der Waals surface area (Å²) in [5, 5.41) is 12.3. The van der Waals surface area contributed by atoms with E-state index in [1.165, 1.54) is 24.1 Å². The summed E-state index contributed by atoms with van der Waals surface area (Å²) in [5.74, 6) is -0.883. The zero-order valence-electron chi connectivity index (χ0n) is 13.4. The van der Waals surface area contributed by atoms with Crippen LogP contribution >= 0.6 is 11.3 Å². The van der Waals surface area contributed by atoms with Crippen LogP contribution in [0.25, 0.3) is 10.2 Å². The number of carboxylic acid groups (broad SMARTS) is 1. The van der Waals surface area contributed by atoms with E-state index in [1.807, 2.05) is 6.92 Å². The van der Waals surface area contributed by atoms with Gasteiger partial charge in [0.1, 0.15) is 34.5 Å². The Kier molecular flexibility index (Phi) is 4.94. The number of hydrogen-bond acceptors (Lipinski definition) is 7. The van der Waals surface area contributed by atoms with E-state index in [1.54, 1.807) is 0 Å². The van der Waals surface area contributed by atoms with E-state index >= 15 is 0 Å². The van der Waals surface area contributed by atoms with Crippen LogP contribution in [0.1, 0.15) is 47.3 Å². The number of rotatable bonds is 5. The molecular formula is C16H19N3O4S. The van der Waals surface area contributed by atoms with Crippen LogP contribution in [-0.2, 0) is 9.53 Å². The molecule has 0 radical (unpaired) electrons. The minimum absolute atomic E-state index is 0.00782. The van der Waals surface area contributed by atoms with Gasteiger partial charge in [-0.05, 0) is 38.2 Å². The van der Waals surface area contributed by atoms with Crippen LogP contribution in [0.5, 0.6) is 0 Å². The zero-order valence-corrected chi connectivity index (χ0v) is 14.2. The number of aliphatic carboxylic acids is 1. The highest BCUT2D eigenvalue weighted by Gasteiger charge is 2.24. The third kappa shape index (κ3) is 3.48. The van der Waals surface area contributed by atoms with Gasteiger partial charge < -0.3 is 15.2 Å². The van der Waals surface area contributed by atoms with Crippen molar-refractivity contribution in [1.29, 1.82) is 0 Å². The molecule has 0 aliphatic heterocycles. The molecule has 128 valence electrons. The number of nitrogens with one attached hydrogen (secondary N) is 1. The van der Waals surface area contributed by atoms with Crippen molar-refractivity contribution in [3.05, 3.63) is 16.8 Å². The Morgan fingerprint density at radius 3 is 2.79 bits per heavy atom. The van der Waals surface area contributed by atoms with Crippen molar-refractivity contribution in [2.75, 3.05) is 11.9 Å². The van der Waals surface area contributed by atoms with Crippen LogP contribution in [0.3, 0.4) is 0 Å². The van der Waals surface area contributed by atoms with Gasteiger partial charge in [-0.15, -0.1) is 11.3 Å². The van der Waals surface area contributed by atoms with Gasteiger partial charge in [-0.2, -0.15) is 0 Å². The molecule has 0 aromatic carbocycles. The van der Waals surface area contributed by atoms with Crippen LogP contribution < -0.4 is 5.32 Å². The van der Waals surface area contributed by atoms with Crippen LogP contribution in [0, 0.1) is 6.92 Å². The lowest BCUT2D eigenvalue weighted by molar-refractivity contribution is -0.134. The highest BCUT2D eigenvalue weighted by molar-refractivity contribution is 7.20. The first-order chi connectivity index (χ1) is 11.6. The Morgan fingerprint density at radius 1 is 1.33 bits per heavy atom. The molecule has 8 heteroatoms. The summed E-state index contributed by atoms with van der Waals surface area (Å²) in [7, 11) is 0. The third-order valence-corrected chi connectivity index (χ3v) is 5.33. The van der Waals surface area contributed by atoms with Crippen LogP contribution in [0.15, 0.2) is 6.33 Å². The van der Waals surface area contributed by atoms with Crippen molar-refractivity contribution in [2.24, 2.45) is 0 Å². The molecule has 0 amide bonds. The van der Waals surface area contributed by atoms with E-state index in [0.29, 0.717) is 20.9 Å². The van der Waals surface area contributed by atoms with Gasteiger partial charge in [0.2, 0.25) is 0 Å². The molecule has 0 unspecified atom stereocenters. The lowest BCUT2D eigenvalue weighted by Gasteiger charge is -2.21. The lowest BCUT2D eigenvalue weighted by atomic mass is 9.98. The van der Waals surface area contributed by atoms with E-state index in [9.17, 15) is 9.59 Å². The summed E-state index contributed by atoms with van der Waals surface area (Å²) in [4.78, 5) is 32.7. The number of nitrogens with zero attached hydrogens (tertiary/aromatic N) is 2. The van der Waals surface area contributed by atoms with Crippen molar-refractivity contribution in [3.63, 3.8) is 0 Å². The predicted molar refractivity (Wildman–Crippen MR) is 90.6 cm³/mol. The number of hydrogen-bond donors (Lipinski definition) is 2. The van der Waals surface area contributed by atoms with Gasteiger partial charge >= 0.3 is 11.9 Å². The molecule has 1 saturated carbocycles. The molecule has 7 nitrogen and oxygen atoms in total. The Labute approximate surface area is 143 Å². The first-order valence-corrected chi connectivity index (χ1v) is 8.78. The number of carboxylic acids is 1. The number of ether oxygens (including phenoxy) is 1. The minimum Gasteiger partial charge on any atom is -0.480 e. The van der Waals surface area contributed by atoms with Crippen molar-refractivity contribution >= 4 is 39.3 Å². The smallest absolute Gasteiger partial charge is 0.348 e. The number of carbonyl (C=O) groups excluding carboxylic acids is 1. The fourth-order valence-electron chi connectivity index (χ4n) is 2.95. The van der Waals surface area contributed by atoms with Crippen LogP contribution in [0.2, 0.25) is 0 Å². The van der Waals surface area contributed by atoms with Gasteiger partial charge in [0, 0.05) is 0 Å². The molecule has 1 aliphatic rings. The molecule has 0 spiro atoms. The normalized spacial score (nSPS) is 15.4. The summed E-state index contributed by atoms with van der Waals surface area (Å²) < 4.78 is 5.63. The highest BCUT2D eigenvalue weighted by atomic mass is 32.1. The number of aromatic nitrogens is 2. The molecule has 0 saturated heterocycles. The first kappa shape index (κ1) is 16.6. The van der Waals surface area contributed by atoms with Crippen molar-refractivity contribution in [3.8, 4) is 0 Å². The van der Waals surface area contributed by atoms with E-state index in [-0.39, 0.29) is 18.6 Å². The second-order valence-electron chi connectivity index (χ2n) is 5.87. The molecule has 24 heavy (non-hydrogen) atoms. The van der Waals surface area contributed by atoms with Crippen molar-refractivity contribution < 1.29 is 19.4 Å². The zero-order chi connectivity index (χ0) is 17.1. The topological polar surface area (TPSA) is 101 Å². The number of carbonyl (C=O) groups is 2. The second kappa shape index (κ2) is 7.12. The second-order valence-corrected chi connectivity index (χ2v) is 6.87. The maximum atomic E-state index is 12.5. The van der Waals surface area contributed by atoms with E-state index < -0.39 is 5.97 Å². The molecule has 2 N–H and O–H groups in total. The van der Waals surface area contributed by atoms with E-state index in [0.717, 1.165) is 31.2 Å². The number of esters is 1. The average molecular weight is 349 g/mol. The SMILES string of the molecule is Cc1c(C(=O)OC2CCCCC2)sc2ncnc(NCC(=O)O)c12. The third-order valence-electron chi connectivity index (χ3n) is 4.15. The molecule has 1 aliphatic carbocycles. The van der Waals surface area contributed by atoms with E-state index in [4.69, 9.17) is 9.84 Å². The molecule has 1 fully saturated rings. The number of anilines is 1. The summed E-state index contributed by atoms with van der Waals surface area (Å²) in [6.45, 7) is 1.56. The molecule has 0 atom stereocenters. The summed E-state index contributed by atoms with van der Waals surface area (Å²) in [6.07, 6.45) is 6.58. The van der Waals surface area contributed by atoms with Gasteiger partial charge in [0.05, 0.1) is 5.39 Å².